The van der Waals surface area contributed by atoms with E-state index >= 15 is 0 Å². The first-order valence-electron chi connectivity index (χ1n) is 5.90. The van der Waals surface area contributed by atoms with Crippen LogP contribution in [-0.4, -0.2) is 33.7 Å². The van der Waals surface area contributed by atoms with E-state index in [-0.39, 0.29) is 30.3 Å². The Morgan fingerprint density at radius 2 is 2.15 bits per heavy atom. The number of likely N-dealkylation sites (tertiary alicyclic amines) is 1. The van der Waals surface area contributed by atoms with E-state index in [0.29, 0.717) is 5.56 Å². The minimum absolute atomic E-state index is 0.0173. The van der Waals surface area contributed by atoms with Crippen LogP contribution in [0.15, 0.2) is 18.2 Å². The lowest BCUT2D eigenvalue weighted by atomic mass is 10.1. The number of amides is 1. The topological polar surface area (TPSA) is 74.7 Å². The van der Waals surface area contributed by atoms with Gasteiger partial charge in [-0.25, -0.2) is 9.18 Å². The highest BCUT2D eigenvalue weighted by Gasteiger charge is 2.38. The second-order valence-electron chi connectivity index (χ2n) is 4.49. The fourth-order valence-electron chi connectivity index (χ4n) is 2.18. The van der Waals surface area contributed by atoms with E-state index in [2.05, 4.69) is 0 Å². The van der Waals surface area contributed by atoms with Crippen LogP contribution in [0, 0.1) is 5.82 Å². The molecule has 7 heteroatoms. The number of carbonyl (C=O) groups excluding carboxylic acids is 2. The molecule has 1 aliphatic heterocycles. The van der Waals surface area contributed by atoms with Crippen molar-refractivity contribution in [3.63, 3.8) is 0 Å². The van der Waals surface area contributed by atoms with Crippen LogP contribution in [0.1, 0.15) is 18.4 Å². The maximum Gasteiger partial charge on any atom is 0.374 e. The van der Waals surface area contributed by atoms with Crippen molar-refractivity contribution in [2.45, 2.75) is 25.4 Å². The molecule has 2 rings (SSSR count). The van der Waals surface area contributed by atoms with Crippen molar-refractivity contribution in [1.29, 1.82) is 0 Å². The first kappa shape index (κ1) is 14.5. The summed E-state index contributed by atoms with van der Waals surface area (Å²) >= 11 is 5.56. The smallest absolute Gasteiger partial charge is 0.374 e. The molecule has 1 aromatic rings. The zero-order chi connectivity index (χ0) is 14.9. The number of hydrogen-bond donors (Lipinski definition) is 1. The lowest BCUT2D eigenvalue weighted by molar-refractivity contribution is -0.152. The first-order valence-corrected chi connectivity index (χ1v) is 6.28. The van der Waals surface area contributed by atoms with Crippen molar-refractivity contribution < 1.29 is 23.9 Å². The molecule has 1 amide bonds. The molecule has 1 aromatic carbocycles. The number of carboxylic acid groups (broad SMARTS) is 1. The molecule has 1 saturated heterocycles. The molecule has 1 N–H and O–H groups in total. The van der Waals surface area contributed by atoms with Gasteiger partial charge in [-0.3, -0.25) is 9.59 Å². The summed E-state index contributed by atoms with van der Waals surface area (Å²) < 4.78 is 13.3. The van der Waals surface area contributed by atoms with Crippen LogP contribution in [0.4, 0.5) is 4.39 Å². The average Bonchev–Trinajstić information content (AvgIpc) is 2.74. The molecular weight excluding hydrogens is 289 g/mol. The molecule has 1 fully saturated rings. The lowest BCUT2D eigenvalue weighted by Crippen LogP contribution is -2.41. The molecule has 0 spiro atoms. The van der Waals surface area contributed by atoms with E-state index < -0.39 is 23.6 Å². The summed E-state index contributed by atoms with van der Waals surface area (Å²) in [7, 11) is 0. The Labute approximate surface area is 118 Å². The van der Waals surface area contributed by atoms with Gasteiger partial charge in [-0.05, 0) is 24.1 Å². The van der Waals surface area contributed by atoms with Crippen molar-refractivity contribution in [3.8, 4) is 0 Å². The van der Waals surface area contributed by atoms with Crippen LogP contribution in [-0.2, 0) is 20.9 Å². The first-order chi connectivity index (χ1) is 9.40. The van der Waals surface area contributed by atoms with E-state index in [0.717, 1.165) is 6.07 Å². The van der Waals surface area contributed by atoms with Gasteiger partial charge in [0.25, 0.3) is 5.78 Å². The van der Waals surface area contributed by atoms with Gasteiger partial charge < -0.3 is 10.0 Å². The molecule has 106 valence electrons. The molecule has 0 bridgehead atoms. The molecule has 0 radical (unpaired) electrons. The fourth-order valence-corrected chi connectivity index (χ4v) is 2.30. The molecule has 1 aliphatic rings. The third-order valence-corrected chi connectivity index (χ3v) is 3.49. The number of ketones is 1. The van der Waals surface area contributed by atoms with Gasteiger partial charge >= 0.3 is 5.97 Å². The standard InChI is InChI=1S/C13H11ClFNO4/c14-8-2-1-7(5-9(8)15)6-16-10(3-4-11(16)17)12(18)13(19)20/h1-2,5,10H,3-4,6H2,(H,19,20). The third kappa shape index (κ3) is 2.80. The summed E-state index contributed by atoms with van der Waals surface area (Å²) in [5, 5.41) is 8.69. The highest BCUT2D eigenvalue weighted by molar-refractivity contribution is 6.35. The number of Topliss-reactive ketones (excluding diaryl/α,β-unsaturated/α-hetero) is 1. The Hall–Kier alpha value is -1.95. The largest absolute Gasteiger partial charge is 0.475 e. The summed E-state index contributed by atoms with van der Waals surface area (Å²) in [4.78, 5) is 35.1. The minimum atomic E-state index is -1.57. The van der Waals surface area contributed by atoms with Gasteiger partial charge in [0.2, 0.25) is 5.91 Å². The van der Waals surface area contributed by atoms with E-state index in [1.54, 1.807) is 0 Å². The zero-order valence-electron chi connectivity index (χ0n) is 10.3. The highest BCUT2D eigenvalue weighted by atomic mass is 35.5. The highest BCUT2D eigenvalue weighted by Crippen LogP contribution is 2.24. The summed E-state index contributed by atoms with van der Waals surface area (Å²) in [6.07, 6.45) is 0.278. The number of carboxylic acids is 1. The SMILES string of the molecule is O=C(O)C(=O)C1CCC(=O)N1Cc1ccc(Cl)c(F)c1. The maximum absolute atomic E-state index is 13.3. The number of rotatable bonds is 4. The molecule has 1 atom stereocenters. The Bertz CT molecular complexity index is 590. The number of aliphatic carboxylic acids is 1. The summed E-state index contributed by atoms with van der Waals surface area (Å²) in [5.41, 5.74) is 0.449. The molecule has 0 aliphatic carbocycles. The molecule has 20 heavy (non-hydrogen) atoms. The summed E-state index contributed by atoms with van der Waals surface area (Å²) in [6.45, 7) is -0.0173. The van der Waals surface area contributed by atoms with Crippen LogP contribution in [0.3, 0.4) is 0 Å². The molecule has 1 unspecified atom stereocenters. The van der Waals surface area contributed by atoms with Crippen LogP contribution in [0.2, 0.25) is 5.02 Å². The van der Waals surface area contributed by atoms with E-state index in [9.17, 15) is 18.8 Å². The lowest BCUT2D eigenvalue weighted by Gasteiger charge is -2.22. The number of halogens is 2. The van der Waals surface area contributed by atoms with Crippen LogP contribution in [0.5, 0.6) is 0 Å². The Balaban J connectivity index is 2.20. The van der Waals surface area contributed by atoms with Gasteiger partial charge in [-0.1, -0.05) is 17.7 Å². The van der Waals surface area contributed by atoms with Gasteiger partial charge in [0, 0.05) is 13.0 Å². The van der Waals surface area contributed by atoms with Gasteiger partial charge in [0.15, 0.2) is 0 Å². The minimum Gasteiger partial charge on any atom is -0.475 e. The predicted octanol–water partition coefficient (Wildman–Crippen LogP) is 1.62. The van der Waals surface area contributed by atoms with Gasteiger partial charge in [0.05, 0.1) is 5.02 Å². The summed E-state index contributed by atoms with van der Waals surface area (Å²) in [6, 6.07) is 3.05. The number of nitrogens with zero attached hydrogens (tertiary/aromatic N) is 1. The zero-order valence-corrected chi connectivity index (χ0v) is 11.1. The van der Waals surface area contributed by atoms with Crippen LogP contribution < -0.4 is 0 Å². The summed E-state index contributed by atoms with van der Waals surface area (Å²) in [5.74, 6) is -3.54. The Kier molecular flexibility index (Phi) is 4.04. The van der Waals surface area contributed by atoms with E-state index in [1.807, 2.05) is 0 Å². The third-order valence-electron chi connectivity index (χ3n) is 3.18. The van der Waals surface area contributed by atoms with Crippen molar-refractivity contribution in [3.05, 3.63) is 34.6 Å². The quantitative estimate of drug-likeness (QED) is 0.857. The average molecular weight is 300 g/mol. The number of benzene rings is 1. The molecule has 0 saturated carbocycles. The molecule has 0 aromatic heterocycles. The van der Waals surface area contributed by atoms with E-state index in [1.165, 1.54) is 17.0 Å². The van der Waals surface area contributed by atoms with Crippen LogP contribution in [0.25, 0.3) is 0 Å². The van der Waals surface area contributed by atoms with Gasteiger partial charge in [0.1, 0.15) is 11.9 Å². The van der Waals surface area contributed by atoms with E-state index in [4.69, 9.17) is 16.7 Å². The number of carbonyl (C=O) groups is 3. The number of hydrogen-bond acceptors (Lipinski definition) is 3. The fraction of sp³-hybridized carbons (Fsp3) is 0.308. The molecule has 1 heterocycles. The van der Waals surface area contributed by atoms with Crippen molar-refractivity contribution in [1.82, 2.24) is 4.90 Å². The molecular formula is C13H11ClFNO4. The Morgan fingerprint density at radius 1 is 1.45 bits per heavy atom. The van der Waals surface area contributed by atoms with Crippen molar-refractivity contribution in [2.24, 2.45) is 0 Å². The second kappa shape index (κ2) is 5.58. The van der Waals surface area contributed by atoms with Gasteiger partial charge in [-0.15, -0.1) is 0 Å². The normalized spacial score (nSPS) is 18.4. The van der Waals surface area contributed by atoms with Crippen molar-refractivity contribution >= 4 is 29.3 Å². The maximum atomic E-state index is 13.3. The van der Waals surface area contributed by atoms with Crippen LogP contribution >= 0.6 is 11.6 Å². The predicted molar refractivity (Wildman–Crippen MR) is 67.6 cm³/mol. The monoisotopic (exact) mass is 299 g/mol. The second-order valence-corrected chi connectivity index (χ2v) is 4.90. The molecule has 5 nitrogen and oxygen atoms in total. The Morgan fingerprint density at radius 3 is 2.75 bits per heavy atom. The van der Waals surface area contributed by atoms with Crippen molar-refractivity contribution in [2.75, 3.05) is 0 Å². The van der Waals surface area contributed by atoms with Gasteiger partial charge in [-0.2, -0.15) is 0 Å².